The lowest BCUT2D eigenvalue weighted by molar-refractivity contribution is 0.566. The molecule has 3 rings (SSSR count). The number of anilines is 2. The van der Waals surface area contributed by atoms with E-state index in [1.807, 2.05) is 6.19 Å². The molecule has 0 aliphatic heterocycles. The predicted molar refractivity (Wildman–Crippen MR) is 115 cm³/mol. The molecule has 3 N–H and O–H groups in total. The SMILES string of the molecule is N#CN(Cc1ccc(NS(=O)(=O)c2ccc(Cl)cc2)cc1)C(=N)Nc1ccncc1. The summed E-state index contributed by atoms with van der Waals surface area (Å²) in [5, 5.41) is 20.7. The van der Waals surface area contributed by atoms with E-state index in [1.54, 1.807) is 48.8 Å². The molecule has 0 spiro atoms. The minimum absolute atomic E-state index is 0.0868. The number of pyridine rings is 1. The van der Waals surface area contributed by atoms with E-state index in [-0.39, 0.29) is 17.4 Å². The molecule has 0 bridgehead atoms. The lowest BCUT2D eigenvalue weighted by Gasteiger charge is -2.18. The standard InChI is InChI=1S/C20H17ClN6O2S/c21-16-3-7-19(8-4-16)30(28,29)26-18-5-1-15(2-6-18)13-27(14-22)20(23)25-17-9-11-24-12-10-17/h1-12,26H,13H2,(H2,23,24,25). The zero-order valence-corrected chi connectivity index (χ0v) is 17.2. The van der Waals surface area contributed by atoms with Crippen molar-refractivity contribution in [3.8, 4) is 6.19 Å². The average molecular weight is 441 g/mol. The number of sulfonamides is 1. The topological polar surface area (TPSA) is 122 Å². The van der Waals surface area contributed by atoms with E-state index in [2.05, 4.69) is 15.0 Å². The van der Waals surface area contributed by atoms with Gasteiger partial charge < -0.3 is 5.32 Å². The number of benzene rings is 2. The Morgan fingerprint density at radius 3 is 2.27 bits per heavy atom. The van der Waals surface area contributed by atoms with Crippen LogP contribution in [0.1, 0.15) is 5.56 Å². The number of nitriles is 1. The van der Waals surface area contributed by atoms with E-state index in [0.29, 0.717) is 16.4 Å². The van der Waals surface area contributed by atoms with Crippen LogP contribution in [0.4, 0.5) is 11.4 Å². The molecule has 0 radical (unpaired) electrons. The molecule has 0 atom stereocenters. The monoisotopic (exact) mass is 440 g/mol. The summed E-state index contributed by atoms with van der Waals surface area (Å²) in [7, 11) is -3.74. The maximum Gasteiger partial charge on any atom is 0.261 e. The van der Waals surface area contributed by atoms with Gasteiger partial charge in [-0.05, 0) is 54.1 Å². The maximum atomic E-state index is 12.4. The largest absolute Gasteiger partial charge is 0.325 e. The summed E-state index contributed by atoms with van der Waals surface area (Å²) in [6.07, 6.45) is 5.12. The molecule has 3 aromatic rings. The predicted octanol–water partition coefficient (Wildman–Crippen LogP) is 3.87. The van der Waals surface area contributed by atoms with Crippen LogP contribution in [0.3, 0.4) is 0 Å². The molecule has 0 aliphatic carbocycles. The molecule has 1 heterocycles. The zero-order valence-electron chi connectivity index (χ0n) is 15.6. The molecular weight excluding hydrogens is 424 g/mol. The summed E-state index contributed by atoms with van der Waals surface area (Å²) >= 11 is 5.80. The number of aromatic nitrogens is 1. The van der Waals surface area contributed by atoms with Gasteiger partial charge in [0.2, 0.25) is 5.96 Å². The van der Waals surface area contributed by atoms with Gasteiger partial charge in [0.05, 0.1) is 11.4 Å². The number of hydrogen-bond donors (Lipinski definition) is 3. The fourth-order valence-electron chi connectivity index (χ4n) is 2.49. The fourth-order valence-corrected chi connectivity index (χ4v) is 3.68. The lowest BCUT2D eigenvalue weighted by atomic mass is 10.2. The van der Waals surface area contributed by atoms with Gasteiger partial charge in [-0.15, -0.1) is 0 Å². The third-order valence-electron chi connectivity index (χ3n) is 4.00. The molecule has 0 unspecified atom stereocenters. The summed E-state index contributed by atoms with van der Waals surface area (Å²) < 4.78 is 27.4. The Kier molecular flexibility index (Phi) is 6.51. The minimum Gasteiger partial charge on any atom is -0.325 e. The van der Waals surface area contributed by atoms with Crippen LogP contribution in [-0.2, 0) is 16.6 Å². The molecule has 0 saturated carbocycles. The smallest absolute Gasteiger partial charge is 0.261 e. The van der Waals surface area contributed by atoms with Gasteiger partial charge in [-0.3, -0.25) is 15.1 Å². The van der Waals surface area contributed by atoms with Crippen molar-refractivity contribution in [3.05, 3.63) is 83.6 Å². The number of rotatable bonds is 6. The van der Waals surface area contributed by atoms with E-state index < -0.39 is 10.0 Å². The highest BCUT2D eigenvalue weighted by Gasteiger charge is 2.15. The highest BCUT2D eigenvalue weighted by molar-refractivity contribution is 7.92. The van der Waals surface area contributed by atoms with Gasteiger partial charge in [-0.1, -0.05) is 23.7 Å². The molecule has 0 saturated heterocycles. The Morgan fingerprint density at radius 1 is 1.03 bits per heavy atom. The van der Waals surface area contributed by atoms with Crippen LogP contribution in [0.5, 0.6) is 0 Å². The molecule has 0 fully saturated rings. The molecular formula is C20H17ClN6O2S. The van der Waals surface area contributed by atoms with Gasteiger partial charge in [0.15, 0.2) is 6.19 Å². The highest BCUT2D eigenvalue weighted by atomic mass is 35.5. The van der Waals surface area contributed by atoms with Gasteiger partial charge >= 0.3 is 0 Å². The maximum absolute atomic E-state index is 12.4. The highest BCUT2D eigenvalue weighted by Crippen LogP contribution is 2.19. The van der Waals surface area contributed by atoms with Crippen molar-refractivity contribution in [2.24, 2.45) is 0 Å². The summed E-state index contributed by atoms with van der Waals surface area (Å²) in [4.78, 5) is 5.17. The van der Waals surface area contributed by atoms with Gasteiger partial charge in [0.1, 0.15) is 0 Å². The first kappa shape index (κ1) is 21.1. The zero-order chi connectivity index (χ0) is 21.6. The average Bonchev–Trinajstić information content (AvgIpc) is 2.74. The van der Waals surface area contributed by atoms with E-state index in [0.717, 1.165) is 5.56 Å². The number of hydrogen-bond acceptors (Lipinski definition) is 5. The van der Waals surface area contributed by atoms with E-state index >= 15 is 0 Å². The second kappa shape index (κ2) is 9.26. The molecule has 8 nitrogen and oxygen atoms in total. The van der Waals surface area contributed by atoms with E-state index in [4.69, 9.17) is 17.0 Å². The summed E-state index contributed by atoms with van der Waals surface area (Å²) in [5.41, 5.74) is 1.75. The Labute approximate surface area is 179 Å². The van der Waals surface area contributed by atoms with Crippen molar-refractivity contribution in [1.29, 1.82) is 10.7 Å². The molecule has 2 aromatic carbocycles. The van der Waals surface area contributed by atoms with Crippen LogP contribution in [0.2, 0.25) is 5.02 Å². The number of nitrogens with zero attached hydrogens (tertiary/aromatic N) is 3. The number of guanidine groups is 1. The second-order valence-electron chi connectivity index (χ2n) is 6.15. The van der Waals surface area contributed by atoms with Crippen LogP contribution < -0.4 is 10.0 Å². The third-order valence-corrected chi connectivity index (χ3v) is 5.65. The van der Waals surface area contributed by atoms with Crippen molar-refractivity contribution in [2.75, 3.05) is 10.0 Å². The molecule has 152 valence electrons. The first-order valence-electron chi connectivity index (χ1n) is 8.67. The molecule has 10 heteroatoms. The quantitative estimate of drug-likeness (QED) is 0.231. The number of nitrogens with one attached hydrogen (secondary N) is 3. The van der Waals surface area contributed by atoms with Crippen LogP contribution in [0, 0.1) is 16.9 Å². The fraction of sp³-hybridized carbons (Fsp3) is 0.0500. The van der Waals surface area contributed by atoms with Gasteiger partial charge in [0.25, 0.3) is 10.0 Å². The van der Waals surface area contributed by atoms with Crippen LogP contribution in [0.25, 0.3) is 0 Å². The van der Waals surface area contributed by atoms with Crippen molar-refractivity contribution < 1.29 is 8.42 Å². The van der Waals surface area contributed by atoms with Crippen molar-refractivity contribution in [2.45, 2.75) is 11.4 Å². The summed E-state index contributed by atoms with van der Waals surface area (Å²) in [6.45, 7) is 0.150. The molecule has 0 amide bonds. The summed E-state index contributed by atoms with van der Waals surface area (Å²) in [6, 6.07) is 15.8. The van der Waals surface area contributed by atoms with Crippen LogP contribution in [-0.4, -0.2) is 24.3 Å². The lowest BCUT2D eigenvalue weighted by Crippen LogP contribution is -2.31. The third kappa shape index (κ3) is 5.47. The molecule has 30 heavy (non-hydrogen) atoms. The summed E-state index contributed by atoms with van der Waals surface area (Å²) in [5.74, 6) is -0.0868. The first-order chi connectivity index (χ1) is 14.4. The Balaban J connectivity index is 1.65. The normalized spacial score (nSPS) is 10.7. The Morgan fingerprint density at radius 2 is 1.67 bits per heavy atom. The van der Waals surface area contributed by atoms with Gasteiger partial charge in [-0.2, -0.15) is 5.26 Å². The van der Waals surface area contributed by atoms with Crippen LogP contribution in [0.15, 0.2) is 78.0 Å². The Bertz CT molecular complexity index is 1160. The van der Waals surface area contributed by atoms with E-state index in [9.17, 15) is 13.7 Å². The van der Waals surface area contributed by atoms with Crippen molar-refractivity contribution >= 4 is 39.0 Å². The molecule has 1 aromatic heterocycles. The van der Waals surface area contributed by atoms with Crippen molar-refractivity contribution in [3.63, 3.8) is 0 Å². The van der Waals surface area contributed by atoms with Crippen molar-refractivity contribution in [1.82, 2.24) is 9.88 Å². The first-order valence-corrected chi connectivity index (χ1v) is 10.5. The molecule has 0 aliphatic rings. The number of halogens is 1. The Hall–Kier alpha value is -3.61. The minimum atomic E-state index is -3.74. The van der Waals surface area contributed by atoms with Gasteiger partial charge in [-0.25, -0.2) is 13.3 Å². The van der Waals surface area contributed by atoms with Gasteiger partial charge in [0, 0.05) is 28.8 Å². The second-order valence-corrected chi connectivity index (χ2v) is 8.27. The van der Waals surface area contributed by atoms with Crippen LogP contribution >= 0.6 is 11.6 Å². The van der Waals surface area contributed by atoms with E-state index in [1.165, 1.54) is 29.2 Å².